The van der Waals surface area contributed by atoms with Crippen LogP contribution in [0.4, 0.5) is 11.4 Å². The molecule has 2 atom stereocenters. The van der Waals surface area contributed by atoms with Crippen LogP contribution in [0.3, 0.4) is 0 Å². The molecular weight excluding hydrogens is 426 g/mol. The number of unbranched alkanes of at least 4 members (excludes halogenated alkanes) is 1. The van der Waals surface area contributed by atoms with Crippen molar-refractivity contribution in [3.05, 3.63) is 54.1 Å². The minimum Gasteiger partial charge on any atom is -0.332 e. The maximum absolute atomic E-state index is 13.0. The Labute approximate surface area is 192 Å². The molecule has 1 aliphatic heterocycles. The molecule has 0 aliphatic carbocycles. The summed E-state index contributed by atoms with van der Waals surface area (Å²) in [5.74, 6) is 0.757. The van der Waals surface area contributed by atoms with Crippen LogP contribution in [-0.4, -0.2) is 30.9 Å². The minimum atomic E-state index is -3.48. The van der Waals surface area contributed by atoms with Gasteiger partial charge in [-0.2, -0.15) is 4.31 Å². The van der Waals surface area contributed by atoms with Crippen molar-refractivity contribution >= 4 is 38.7 Å². The van der Waals surface area contributed by atoms with Gasteiger partial charge in [-0.15, -0.1) is 0 Å². The van der Waals surface area contributed by atoms with E-state index in [1.54, 1.807) is 28.6 Å². The Hall–Kier alpha value is -1.96. The second-order valence-electron chi connectivity index (χ2n) is 8.67. The number of aryl methyl sites for hydroxylation is 1. The Bertz CT molecular complexity index is 963. The predicted octanol–water partition coefficient (Wildman–Crippen LogP) is 5.50. The topological polar surface area (TPSA) is 61.4 Å². The maximum Gasteiger partial charge on any atom is 0.243 e. The van der Waals surface area contributed by atoms with E-state index < -0.39 is 10.0 Å². The number of rotatable bonds is 7. The van der Waals surface area contributed by atoms with E-state index in [9.17, 15) is 8.42 Å². The number of nitrogens with one attached hydrogen (secondary N) is 2. The first kappa shape index (κ1) is 23.7. The molecule has 0 spiro atoms. The van der Waals surface area contributed by atoms with Crippen LogP contribution in [0.25, 0.3) is 0 Å². The third-order valence-corrected chi connectivity index (χ3v) is 7.67. The molecule has 2 aromatic carbocycles. The van der Waals surface area contributed by atoms with Crippen LogP contribution in [0.5, 0.6) is 0 Å². The summed E-state index contributed by atoms with van der Waals surface area (Å²) < 4.78 is 27.6. The second kappa shape index (κ2) is 10.6. The third-order valence-electron chi connectivity index (χ3n) is 5.62. The van der Waals surface area contributed by atoms with Gasteiger partial charge in [-0.3, -0.25) is 0 Å². The van der Waals surface area contributed by atoms with Crippen LogP contribution >= 0.6 is 12.2 Å². The van der Waals surface area contributed by atoms with Gasteiger partial charge in [0.15, 0.2) is 5.11 Å². The highest BCUT2D eigenvalue weighted by Gasteiger charge is 2.31. The first-order chi connectivity index (χ1) is 14.8. The van der Waals surface area contributed by atoms with E-state index in [-0.39, 0.29) is 0 Å². The van der Waals surface area contributed by atoms with E-state index in [0.29, 0.717) is 34.9 Å². The van der Waals surface area contributed by atoms with Gasteiger partial charge >= 0.3 is 0 Å². The number of piperidine rings is 1. The Morgan fingerprint density at radius 3 is 2.00 bits per heavy atom. The van der Waals surface area contributed by atoms with Crippen molar-refractivity contribution in [3.8, 4) is 0 Å². The fraction of sp³-hybridized carbons (Fsp3) is 0.458. The molecule has 7 heteroatoms. The van der Waals surface area contributed by atoms with E-state index in [2.05, 4.69) is 43.5 Å². The molecule has 0 bridgehead atoms. The number of thiocarbonyl (C=S) groups is 1. The van der Waals surface area contributed by atoms with E-state index in [1.807, 2.05) is 12.1 Å². The van der Waals surface area contributed by atoms with E-state index in [0.717, 1.165) is 24.2 Å². The summed E-state index contributed by atoms with van der Waals surface area (Å²) in [6.45, 7) is 7.57. The molecule has 2 unspecified atom stereocenters. The molecule has 1 saturated heterocycles. The maximum atomic E-state index is 13.0. The highest BCUT2D eigenvalue weighted by molar-refractivity contribution is 7.89. The Morgan fingerprint density at radius 2 is 1.48 bits per heavy atom. The Balaban J connectivity index is 1.59. The second-order valence-corrected chi connectivity index (χ2v) is 11.0. The molecule has 168 valence electrons. The summed E-state index contributed by atoms with van der Waals surface area (Å²) in [5.41, 5.74) is 2.99. The molecule has 0 saturated carbocycles. The summed E-state index contributed by atoms with van der Waals surface area (Å²) in [7, 11) is -3.48. The van der Waals surface area contributed by atoms with Crippen LogP contribution < -0.4 is 10.6 Å². The Kier molecular flexibility index (Phi) is 8.08. The monoisotopic (exact) mass is 459 g/mol. The fourth-order valence-electron chi connectivity index (χ4n) is 4.09. The summed E-state index contributed by atoms with van der Waals surface area (Å²) in [6, 6.07) is 15.1. The lowest BCUT2D eigenvalue weighted by molar-refractivity contribution is 0.222. The van der Waals surface area contributed by atoms with Crippen molar-refractivity contribution in [1.82, 2.24) is 4.31 Å². The van der Waals surface area contributed by atoms with Gasteiger partial charge in [0, 0.05) is 24.5 Å². The molecular formula is C24H33N3O2S2. The smallest absolute Gasteiger partial charge is 0.243 e. The van der Waals surface area contributed by atoms with Gasteiger partial charge in [-0.25, -0.2) is 8.42 Å². The van der Waals surface area contributed by atoms with Crippen LogP contribution in [0, 0.1) is 11.8 Å². The number of anilines is 2. The molecule has 0 aromatic heterocycles. The molecule has 3 rings (SSSR count). The zero-order valence-electron chi connectivity index (χ0n) is 18.6. The zero-order chi connectivity index (χ0) is 22.4. The minimum absolute atomic E-state index is 0.320. The summed E-state index contributed by atoms with van der Waals surface area (Å²) >= 11 is 5.41. The molecule has 31 heavy (non-hydrogen) atoms. The summed E-state index contributed by atoms with van der Waals surface area (Å²) in [6.07, 6.45) is 4.53. The molecule has 5 nitrogen and oxygen atoms in total. The summed E-state index contributed by atoms with van der Waals surface area (Å²) in [4.78, 5) is 0.320. The lowest BCUT2D eigenvalue weighted by Gasteiger charge is -2.34. The lowest BCUT2D eigenvalue weighted by atomic mass is 9.94. The molecule has 1 heterocycles. The SMILES string of the molecule is CCCCc1ccc(NC(=S)Nc2ccc(S(=O)(=O)N3CC(C)CC(C)C3)cc2)cc1. The average molecular weight is 460 g/mol. The first-order valence-corrected chi connectivity index (χ1v) is 12.9. The van der Waals surface area contributed by atoms with Gasteiger partial charge in [0.25, 0.3) is 0 Å². The number of benzene rings is 2. The van der Waals surface area contributed by atoms with Crippen molar-refractivity contribution in [2.24, 2.45) is 11.8 Å². The molecule has 1 fully saturated rings. The standard InChI is InChI=1S/C24H33N3O2S2/c1-4-5-6-20-7-9-21(10-8-20)25-24(30)26-22-11-13-23(14-12-22)31(28,29)27-16-18(2)15-19(3)17-27/h7-14,18-19H,4-6,15-17H2,1-3H3,(H2,25,26,30). The highest BCUT2D eigenvalue weighted by atomic mass is 32.2. The third kappa shape index (κ3) is 6.51. The van der Waals surface area contributed by atoms with Gasteiger partial charge in [-0.05, 0) is 85.3 Å². The van der Waals surface area contributed by atoms with Crippen molar-refractivity contribution in [2.75, 3.05) is 23.7 Å². The van der Waals surface area contributed by atoms with Gasteiger partial charge < -0.3 is 10.6 Å². The van der Waals surface area contributed by atoms with Crippen molar-refractivity contribution in [1.29, 1.82) is 0 Å². The van der Waals surface area contributed by atoms with Gasteiger partial charge in [0.05, 0.1) is 4.90 Å². The quantitative estimate of drug-likeness (QED) is 0.535. The number of hydrogen-bond donors (Lipinski definition) is 2. The molecule has 0 radical (unpaired) electrons. The van der Waals surface area contributed by atoms with Crippen molar-refractivity contribution in [2.45, 2.75) is 51.3 Å². The van der Waals surface area contributed by atoms with Gasteiger partial charge in [-0.1, -0.05) is 39.3 Å². The first-order valence-electron chi connectivity index (χ1n) is 11.0. The lowest BCUT2D eigenvalue weighted by Crippen LogP contribution is -2.42. The molecule has 0 amide bonds. The van der Waals surface area contributed by atoms with Crippen molar-refractivity contribution in [3.63, 3.8) is 0 Å². The zero-order valence-corrected chi connectivity index (χ0v) is 20.2. The predicted molar refractivity (Wildman–Crippen MR) is 133 cm³/mol. The van der Waals surface area contributed by atoms with Gasteiger partial charge in [0.2, 0.25) is 10.0 Å². The van der Waals surface area contributed by atoms with E-state index in [4.69, 9.17) is 12.2 Å². The molecule has 2 aromatic rings. The number of nitrogens with zero attached hydrogens (tertiary/aromatic N) is 1. The van der Waals surface area contributed by atoms with Crippen LogP contribution in [0.1, 0.15) is 45.6 Å². The normalized spacial score (nSPS) is 19.7. The number of sulfonamides is 1. The average Bonchev–Trinajstić information content (AvgIpc) is 2.73. The highest BCUT2D eigenvalue weighted by Crippen LogP contribution is 2.27. The van der Waals surface area contributed by atoms with Crippen molar-refractivity contribution < 1.29 is 8.42 Å². The fourth-order valence-corrected chi connectivity index (χ4v) is 6.01. The summed E-state index contributed by atoms with van der Waals surface area (Å²) in [5, 5.41) is 6.77. The van der Waals surface area contributed by atoms with Crippen LogP contribution in [-0.2, 0) is 16.4 Å². The van der Waals surface area contributed by atoms with Crippen LogP contribution in [0.2, 0.25) is 0 Å². The largest absolute Gasteiger partial charge is 0.332 e. The molecule has 2 N–H and O–H groups in total. The van der Waals surface area contributed by atoms with E-state index in [1.165, 1.54) is 18.4 Å². The van der Waals surface area contributed by atoms with Gasteiger partial charge in [0.1, 0.15) is 0 Å². The number of hydrogen-bond acceptors (Lipinski definition) is 3. The van der Waals surface area contributed by atoms with Crippen LogP contribution in [0.15, 0.2) is 53.4 Å². The van der Waals surface area contributed by atoms with E-state index >= 15 is 0 Å². The molecule has 1 aliphatic rings. The Morgan fingerprint density at radius 1 is 0.968 bits per heavy atom.